The van der Waals surface area contributed by atoms with Crippen molar-refractivity contribution in [1.29, 1.82) is 0 Å². The highest BCUT2D eigenvalue weighted by Crippen LogP contribution is 2.18. The number of halogens is 4. The van der Waals surface area contributed by atoms with Crippen LogP contribution in [0.4, 0.5) is 13.2 Å². The van der Waals surface area contributed by atoms with E-state index in [1.165, 1.54) is 172 Å². The normalized spacial score (nSPS) is 12.3. The third-order valence-corrected chi connectivity index (χ3v) is 9.15. The Hall–Kier alpha value is 0.0400. The van der Waals surface area contributed by atoms with Gasteiger partial charge in [-0.05, 0) is 12.8 Å². The van der Waals surface area contributed by atoms with Crippen molar-refractivity contribution in [3.8, 4) is 0 Å². The van der Waals surface area contributed by atoms with Gasteiger partial charge < -0.3 is 0 Å². The summed E-state index contributed by atoms with van der Waals surface area (Å²) >= 11 is 0. The first kappa shape index (κ1) is 45.2. The zero-order valence-corrected chi connectivity index (χ0v) is 30.0. The van der Waals surface area contributed by atoms with E-state index in [0.717, 1.165) is 38.5 Å². The molecule has 0 aromatic heterocycles. The molecule has 0 aromatic rings. The van der Waals surface area contributed by atoms with Crippen molar-refractivity contribution in [2.75, 3.05) is 13.1 Å². The molecule has 0 rings (SSSR count). The Bertz CT molecular complexity index is 458. The molecule has 0 fully saturated rings. The maximum Gasteiger partial charge on any atom is 0.282 e. The van der Waals surface area contributed by atoms with Gasteiger partial charge in [-0.25, -0.2) is 13.2 Å². The molecule has 0 spiro atoms. The zero-order chi connectivity index (χ0) is 30.8. The minimum Gasteiger partial charge on any atom is -0.269 e. The van der Waals surface area contributed by atoms with Gasteiger partial charge in [0, 0.05) is 13.1 Å². The van der Waals surface area contributed by atoms with Gasteiger partial charge in [0.2, 0.25) is 6.30 Å². The summed E-state index contributed by atoms with van der Waals surface area (Å²) in [7, 11) is 0. The van der Waals surface area contributed by atoms with Gasteiger partial charge in [-0.2, -0.15) is 0 Å². The van der Waals surface area contributed by atoms with Crippen molar-refractivity contribution < 1.29 is 13.2 Å². The van der Waals surface area contributed by atoms with E-state index in [9.17, 15) is 13.2 Å². The molecule has 0 radical (unpaired) electrons. The first-order valence-corrected chi connectivity index (χ1v) is 19.3. The Kier molecular flexibility index (Phi) is 40.1. The monoisotopic (exact) mass is 640 g/mol. The lowest BCUT2D eigenvalue weighted by molar-refractivity contribution is -0.0499. The van der Waals surface area contributed by atoms with Crippen LogP contribution in [-0.2, 0) is 0 Å². The average molecular weight is 640 g/mol. The number of alkyl halides is 3. The van der Waals surface area contributed by atoms with Crippen molar-refractivity contribution in [1.82, 2.24) is 4.90 Å². The Labute approximate surface area is 275 Å². The number of hydrogen-bond donors (Lipinski definition) is 0. The summed E-state index contributed by atoms with van der Waals surface area (Å²) in [6.07, 6.45) is 36.4. The van der Waals surface area contributed by atoms with Crippen LogP contribution in [0.3, 0.4) is 0 Å². The summed E-state index contributed by atoms with van der Waals surface area (Å²) < 4.78 is 40.3. The fourth-order valence-electron chi connectivity index (χ4n) is 6.24. The first-order valence-electron chi connectivity index (χ1n) is 19.3. The maximum absolute atomic E-state index is 14.2. The topological polar surface area (TPSA) is 3.24 Å². The summed E-state index contributed by atoms with van der Waals surface area (Å²) in [6, 6.07) is 0. The second-order valence-electron chi connectivity index (χ2n) is 13.3. The van der Waals surface area contributed by atoms with E-state index in [-0.39, 0.29) is 12.4 Å². The molecule has 0 saturated heterocycles. The second-order valence-corrected chi connectivity index (χ2v) is 13.3. The summed E-state index contributed by atoms with van der Waals surface area (Å²) in [4.78, 5) is 1.41. The molecule has 1 nitrogen and oxygen atoms in total. The summed E-state index contributed by atoms with van der Waals surface area (Å²) in [6.45, 7) is 5.49. The Morgan fingerprint density at radius 2 is 0.512 bits per heavy atom. The van der Waals surface area contributed by atoms with Crippen LogP contribution in [0.1, 0.15) is 219 Å². The highest BCUT2D eigenvalue weighted by molar-refractivity contribution is 5.85. The van der Waals surface area contributed by atoms with Crippen LogP contribution in [0.15, 0.2) is 0 Å². The molecule has 0 saturated carbocycles. The summed E-state index contributed by atoms with van der Waals surface area (Å²) in [5, 5.41) is 0. The Balaban J connectivity index is 0. The van der Waals surface area contributed by atoms with Crippen molar-refractivity contribution >= 4 is 12.4 Å². The highest BCUT2D eigenvalue weighted by atomic mass is 35.5. The van der Waals surface area contributed by atoms with Gasteiger partial charge in [-0.3, -0.25) is 4.90 Å². The van der Waals surface area contributed by atoms with Crippen molar-refractivity contribution in [3.63, 3.8) is 0 Å². The standard InChI is InChI=1S/C38H76F3N.ClH/c1-3-5-7-9-11-13-15-17-19-21-23-25-27-29-31-33-35-42(38(41)37(39)40)36-34-32-30-28-26-24-22-20-18-16-14-12-10-8-6-4-2;/h37-38H,3-36H2,1-2H3;1H. The molecule has 43 heavy (non-hydrogen) atoms. The fraction of sp³-hybridized carbons (Fsp3) is 1.00. The van der Waals surface area contributed by atoms with Gasteiger partial charge in [0.15, 0.2) is 0 Å². The Morgan fingerprint density at radius 3 is 0.698 bits per heavy atom. The molecule has 0 N–H and O–H groups in total. The predicted octanol–water partition coefficient (Wildman–Crippen LogP) is 14.8. The lowest BCUT2D eigenvalue weighted by Gasteiger charge is -2.25. The van der Waals surface area contributed by atoms with E-state index < -0.39 is 12.7 Å². The molecule has 0 aliphatic carbocycles. The lowest BCUT2D eigenvalue weighted by atomic mass is 10.0. The second kappa shape index (κ2) is 38.2. The lowest BCUT2D eigenvalue weighted by Crippen LogP contribution is -2.38. The van der Waals surface area contributed by atoms with E-state index in [1.807, 2.05) is 0 Å². The van der Waals surface area contributed by atoms with Gasteiger partial charge in [0.05, 0.1) is 0 Å². The van der Waals surface area contributed by atoms with Crippen molar-refractivity contribution in [2.24, 2.45) is 0 Å². The maximum atomic E-state index is 14.2. The van der Waals surface area contributed by atoms with Gasteiger partial charge in [-0.1, -0.05) is 206 Å². The number of rotatable bonds is 36. The average Bonchev–Trinajstić information content (AvgIpc) is 2.99. The SMILES string of the molecule is CCCCCCCCCCCCCCCCCCN(CCCCCCCCCCCCCCCCCC)C(F)C(F)F.Cl. The molecule has 0 aliphatic heterocycles. The third-order valence-electron chi connectivity index (χ3n) is 9.15. The molecule has 1 atom stereocenters. The first-order chi connectivity index (χ1) is 20.6. The molecule has 0 heterocycles. The zero-order valence-electron chi connectivity index (χ0n) is 29.2. The summed E-state index contributed by atoms with van der Waals surface area (Å²) in [5.41, 5.74) is 0. The molecular weight excluding hydrogens is 563 g/mol. The van der Waals surface area contributed by atoms with Crippen LogP contribution in [0.25, 0.3) is 0 Å². The van der Waals surface area contributed by atoms with Gasteiger partial charge >= 0.3 is 0 Å². The predicted molar refractivity (Wildman–Crippen MR) is 189 cm³/mol. The van der Waals surface area contributed by atoms with E-state index in [4.69, 9.17) is 0 Å². The molecule has 0 amide bonds. The fourth-order valence-corrected chi connectivity index (χ4v) is 6.24. The van der Waals surface area contributed by atoms with Crippen molar-refractivity contribution in [3.05, 3.63) is 0 Å². The third kappa shape index (κ3) is 34.8. The molecule has 262 valence electrons. The van der Waals surface area contributed by atoms with E-state index >= 15 is 0 Å². The van der Waals surface area contributed by atoms with Crippen LogP contribution in [-0.4, -0.2) is 30.7 Å². The van der Waals surface area contributed by atoms with Gasteiger partial charge in [0.25, 0.3) is 6.43 Å². The van der Waals surface area contributed by atoms with Crippen LogP contribution in [0.5, 0.6) is 0 Å². The minimum atomic E-state index is -2.90. The quantitative estimate of drug-likeness (QED) is 0.0487. The van der Waals surface area contributed by atoms with Gasteiger partial charge in [-0.15, -0.1) is 12.4 Å². The number of hydrogen-bond acceptors (Lipinski definition) is 1. The number of nitrogens with zero attached hydrogens (tertiary/aromatic N) is 1. The molecule has 0 bridgehead atoms. The number of unbranched alkanes of at least 4 members (excludes halogenated alkanes) is 30. The van der Waals surface area contributed by atoms with Crippen LogP contribution in [0.2, 0.25) is 0 Å². The smallest absolute Gasteiger partial charge is 0.269 e. The van der Waals surface area contributed by atoms with Crippen LogP contribution >= 0.6 is 12.4 Å². The van der Waals surface area contributed by atoms with Crippen LogP contribution in [0, 0.1) is 0 Å². The molecule has 1 unspecified atom stereocenters. The van der Waals surface area contributed by atoms with Gasteiger partial charge in [0.1, 0.15) is 0 Å². The summed E-state index contributed by atoms with van der Waals surface area (Å²) in [5.74, 6) is 0. The van der Waals surface area contributed by atoms with E-state index in [2.05, 4.69) is 13.8 Å². The molecule has 0 aromatic carbocycles. The molecule has 5 heteroatoms. The minimum absolute atomic E-state index is 0. The Morgan fingerprint density at radius 1 is 0.326 bits per heavy atom. The van der Waals surface area contributed by atoms with E-state index in [1.54, 1.807) is 0 Å². The van der Waals surface area contributed by atoms with Crippen molar-refractivity contribution in [2.45, 2.75) is 232 Å². The largest absolute Gasteiger partial charge is 0.282 e. The molecular formula is C38H77ClF3N. The highest BCUT2D eigenvalue weighted by Gasteiger charge is 2.26. The van der Waals surface area contributed by atoms with Crippen LogP contribution < -0.4 is 0 Å². The van der Waals surface area contributed by atoms with E-state index in [0.29, 0.717) is 13.1 Å². The molecule has 0 aliphatic rings.